The molecule has 0 radical (unpaired) electrons. The molecule has 2 heterocycles. The number of carbonyl (C=O) groups is 3. The molecular weight excluding hydrogens is 384 g/mol. The van der Waals surface area contributed by atoms with Gasteiger partial charge in [-0.1, -0.05) is 0 Å². The highest BCUT2D eigenvalue weighted by atomic mass is 32.2. The third-order valence-corrected chi connectivity index (χ3v) is 4.78. The number of imide groups is 1. The molecule has 11 heteroatoms. The summed E-state index contributed by atoms with van der Waals surface area (Å²) in [5.74, 6) is -2.25. The summed E-state index contributed by atoms with van der Waals surface area (Å²) in [4.78, 5) is 36.2. The van der Waals surface area contributed by atoms with Crippen molar-refractivity contribution in [3.8, 4) is 0 Å². The predicted molar refractivity (Wildman–Crippen MR) is 92.3 cm³/mol. The monoisotopic (exact) mass is 400 g/mol. The van der Waals surface area contributed by atoms with E-state index in [0.717, 1.165) is 22.5 Å². The van der Waals surface area contributed by atoms with Gasteiger partial charge in [0.15, 0.2) is 12.4 Å². The van der Waals surface area contributed by atoms with Gasteiger partial charge in [-0.3, -0.25) is 14.9 Å². The van der Waals surface area contributed by atoms with E-state index in [4.69, 9.17) is 9.15 Å². The van der Waals surface area contributed by atoms with E-state index in [1.807, 2.05) is 5.32 Å². The SMILES string of the molecule is CS(=O)(=O)NCCc1ccc(C(=O)OCC(=O)NC(=O)c2ccco2)s1. The summed E-state index contributed by atoms with van der Waals surface area (Å²) in [5, 5.41) is 2.03. The summed E-state index contributed by atoms with van der Waals surface area (Å²) in [6, 6.07) is 6.08. The average molecular weight is 400 g/mol. The van der Waals surface area contributed by atoms with Gasteiger partial charge in [0.1, 0.15) is 4.88 Å². The number of ether oxygens (including phenoxy) is 1. The molecule has 0 aliphatic heterocycles. The highest BCUT2D eigenvalue weighted by Crippen LogP contribution is 2.17. The van der Waals surface area contributed by atoms with E-state index in [0.29, 0.717) is 6.42 Å². The van der Waals surface area contributed by atoms with E-state index in [1.165, 1.54) is 24.5 Å². The van der Waals surface area contributed by atoms with Crippen LogP contribution in [-0.4, -0.2) is 45.6 Å². The van der Waals surface area contributed by atoms with Crippen LogP contribution in [0.5, 0.6) is 0 Å². The molecule has 2 N–H and O–H groups in total. The van der Waals surface area contributed by atoms with Crippen LogP contribution >= 0.6 is 11.3 Å². The molecule has 0 bridgehead atoms. The molecule has 0 aromatic carbocycles. The maximum absolute atomic E-state index is 11.9. The lowest BCUT2D eigenvalue weighted by Gasteiger charge is -2.03. The van der Waals surface area contributed by atoms with Crippen LogP contribution in [0.1, 0.15) is 25.1 Å². The molecule has 26 heavy (non-hydrogen) atoms. The highest BCUT2D eigenvalue weighted by molar-refractivity contribution is 7.88. The molecule has 0 saturated carbocycles. The van der Waals surface area contributed by atoms with E-state index in [2.05, 4.69) is 4.72 Å². The fourth-order valence-electron chi connectivity index (χ4n) is 1.82. The number of carbonyl (C=O) groups excluding carboxylic acids is 3. The third-order valence-electron chi connectivity index (χ3n) is 2.93. The molecule has 0 fully saturated rings. The van der Waals surface area contributed by atoms with Crippen LogP contribution < -0.4 is 10.0 Å². The largest absolute Gasteiger partial charge is 0.459 e. The second-order valence-corrected chi connectivity index (χ2v) is 8.11. The van der Waals surface area contributed by atoms with Crippen molar-refractivity contribution in [2.75, 3.05) is 19.4 Å². The van der Waals surface area contributed by atoms with Crippen molar-refractivity contribution < 1.29 is 32.0 Å². The molecule has 0 atom stereocenters. The molecule has 0 aliphatic carbocycles. The first kappa shape index (κ1) is 19.8. The fourth-order valence-corrected chi connectivity index (χ4v) is 3.19. The van der Waals surface area contributed by atoms with Crippen molar-refractivity contribution in [1.82, 2.24) is 10.0 Å². The zero-order valence-corrected chi connectivity index (χ0v) is 15.3. The number of rotatable bonds is 8. The Morgan fingerprint density at radius 2 is 2.00 bits per heavy atom. The van der Waals surface area contributed by atoms with E-state index < -0.39 is 34.4 Å². The van der Waals surface area contributed by atoms with Crippen molar-refractivity contribution in [2.24, 2.45) is 0 Å². The number of esters is 1. The number of sulfonamides is 1. The van der Waals surface area contributed by atoms with Crippen molar-refractivity contribution in [3.63, 3.8) is 0 Å². The van der Waals surface area contributed by atoms with Gasteiger partial charge in [0.2, 0.25) is 10.0 Å². The molecule has 2 amide bonds. The Balaban J connectivity index is 1.77. The summed E-state index contributed by atoms with van der Waals surface area (Å²) < 4.78 is 34.0. The number of furan rings is 1. The number of thiophene rings is 1. The Bertz CT molecular complexity index is 885. The molecule has 0 aliphatic rings. The quantitative estimate of drug-likeness (QED) is 0.618. The molecule has 9 nitrogen and oxygen atoms in total. The van der Waals surface area contributed by atoms with Crippen LogP contribution in [-0.2, 0) is 26.0 Å². The molecular formula is C15H16N2O7S2. The average Bonchev–Trinajstić information content (AvgIpc) is 3.23. The molecule has 140 valence electrons. The van der Waals surface area contributed by atoms with Crippen LogP contribution in [0.4, 0.5) is 0 Å². The predicted octanol–water partition coefficient (Wildman–Crippen LogP) is 0.546. The Labute approximate surface area is 153 Å². The van der Waals surface area contributed by atoms with Crippen LogP contribution in [0.15, 0.2) is 34.9 Å². The van der Waals surface area contributed by atoms with Gasteiger partial charge in [-0.2, -0.15) is 0 Å². The minimum atomic E-state index is -3.26. The second kappa shape index (κ2) is 8.74. The Morgan fingerprint density at radius 3 is 2.65 bits per heavy atom. The molecule has 0 saturated heterocycles. The summed E-state index contributed by atoms with van der Waals surface area (Å²) in [6.07, 6.45) is 2.77. The van der Waals surface area contributed by atoms with Crippen molar-refractivity contribution in [3.05, 3.63) is 46.0 Å². The van der Waals surface area contributed by atoms with E-state index in [-0.39, 0.29) is 17.2 Å². The van der Waals surface area contributed by atoms with Crippen LogP contribution in [0, 0.1) is 0 Å². The van der Waals surface area contributed by atoms with Gasteiger partial charge in [0, 0.05) is 11.4 Å². The molecule has 0 spiro atoms. The summed E-state index contributed by atoms with van der Waals surface area (Å²) in [5.41, 5.74) is 0. The third kappa shape index (κ3) is 6.43. The molecule has 2 aromatic rings. The van der Waals surface area contributed by atoms with Gasteiger partial charge in [-0.05, 0) is 30.7 Å². The van der Waals surface area contributed by atoms with Crippen LogP contribution in [0.25, 0.3) is 0 Å². The van der Waals surface area contributed by atoms with Gasteiger partial charge in [-0.25, -0.2) is 17.9 Å². The smallest absolute Gasteiger partial charge is 0.348 e. The lowest BCUT2D eigenvalue weighted by Crippen LogP contribution is -2.33. The standard InChI is InChI=1S/C15H16N2O7S2/c1-26(21,22)16-7-6-10-4-5-12(25-10)15(20)24-9-13(18)17-14(19)11-3-2-8-23-11/h2-5,8,16H,6-7,9H2,1H3,(H,17,18,19). The van der Waals surface area contributed by atoms with Crippen LogP contribution in [0.3, 0.4) is 0 Å². The number of hydrogen-bond acceptors (Lipinski definition) is 8. The Hall–Kier alpha value is -2.50. The Morgan fingerprint density at radius 1 is 1.23 bits per heavy atom. The Kier molecular flexibility index (Phi) is 6.66. The van der Waals surface area contributed by atoms with Crippen LogP contribution in [0.2, 0.25) is 0 Å². The zero-order chi connectivity index (χ0) is 19.2. The maximum atomic E-state index is 11.9. The lowest BCUT2D eigenvalue weighted by molar-refractivity contribution is -0.123. The summed E-state index contributed by atoms with van der Waals surface area (Å²) in [7, 11) is -3.26. The molecule has 2 rings (SSSR count). The minimum absolute atomic E-state index is 0.0321. The topological polar surface area (TPSA) is 132 Å². The number of amides is 2. The normalized spacial score (nSPS) is 11.1. The van der Waals surface area contributed by atoms with Gasteiger partial charge in [0.05, 0.1) is 12.5 Å². The highest BCUT2D eigenvalue weighted by Gasteiger charge is 2.16. The molecule has 0 unspecified atom stereocenters. The maximum Gasteiger partial charge on any atom is 0.348 e. The van der Waals surface area contributed by atoms with Crippen molar-refractivity contribution >= 4 is 39.1 Å². The van der Waals surface area contributed by atoms with Gasteiger partial charge in [-0.15, -0.1) is 11.3 Å². The molecule has 2 aromatic heterocycles. The first-order chi connectivity index (χ1) is 12.2. The van der Waals surface area contributed by atoms with Crippen molar-refractivity contribution in [2.45, 2.75) is 6.42 Å². The van der Waals surface area contributed by atoms with Gasteiger partial charge in [0.25, 0.3) is 11.8 Å². The van der Waals surface area contributed by atoms with Gasteiger partial charge >= 0.3 is 5.97 Å². The fraction of sp³-hybridized carbons (Fsp3) is 0.267. The van der Waals surface area contributed by atoms with E-state index in [1.54, 1.807) is 6.07 Å². The lowest BCUT2D eigenvalue weighted by atomic mass is 10.3. The minimum Gasteiger partial charge on any atom is -0.459 e. The van der Waals surface area contributed by atoms with Gasteiger partial charge < -0.3 is 9.15 Å². The van der Waals surface area contributed by atoms with Crippen molar-refractivity contribution in [1.29, 1.82) is 0 Å². The summed E-state index contributed by atoms with van der Waals surface area (Å²) >= 11 is 1.13. The van der Waals surface area contributed by atoms with E-state index in [9.17, 15) is 22.8 Å². The first-order valence-electron chi connectivity index (χ1n) is 7.33. The number of nitrogens with one attached hydrogen (secondary N) is 2. The first-order valence-corrected chi connectivity index (χ1v) is 10.0. The second-order valence-electron chi connectivity index (χ2n) is 5.11. The summed E-state index contributed by atoms with van der Waals surface area (Å²) in [6.45, 7) is -0.403. The number of hydrogen-bond donors (Lipinski definition) is 2. The zero-order valence-electron chi connectivity index (χ0n) is 13.7. The van der Waals surface area contributed by atoms with E-state index >= 15 is 0 Å².